The molecule has 0 aliphatic heterocycles. The molecule has 2 heterocycles. The standard InChI is InChI=1S/C12H21N5O9P2/c13-12-15-10-9(11(18)16-12)14-6-17(10)3-8(5-26-7-28(22,23)24)4-25-1-2-27(19,20)21/h6,8H,1-5,7H2,(H2,19,20,21)(H2,22,23,24)(H3,13,15,16,18). The van der Waals surface area contributed by atoms with Crippen molar-refractivity contribution in [3.05, 3.63) is 16.7 Å². The summed E-state index contributed by atoms with van der Waals surface area (Å²) in [5, 5.41) is 0. The number of ether oxygens (including phenoxy) is 2. The molecule has 0 spiro atoms. The number of aromatic nitrogens is 4. The van der Waals surface area contributed by atoms with Crippen LogP contribution in [0, 0.1) is 5.92 Å². The van der Waals surface area contributed by atoms with Crippen molar-refractivity contribution in [3.8, 4) is 0 Å². The average Bonchev–Trinajstić information content (AvgIpc) is 2.92. The molecule has 0 fully saturated rings. The third-order valence-electron chi connectivity index (χ3n) is 3.44. The van der Waals surface area contributed by atoms with Crippen LogP contribution in [0.3, 0.4) is 0 Å². The van der Waals surface area contributed by atoms with Crippen molar-refractivity contribution in [3.63, 3.8) is 0 Å². The van der Waals surface area contributed by atoms with E-state index in [0.717, 1.165) is 0 Å². The highest BCUT2D eigenvalue weighted by atomic mass is 31.2. The Bertz CT molecular complexity index is 949. The van der Waals surface area contributed by atoms with Crippen LogP contribution in [0.15, 0.2) is 11.1 Å². The van der Waals surface area contributed by atoms with Gasteiger partial charge in [0.25, 0.3) is 5.56 Å². The van der Waals surface area contributed by atoms with Gasteiger partial charge in [-0.3, -0.25) is 18.9 Å². The highest BCUT2D eigenvalue weighted by molar-refractivity contribution is 7.51. The summed E-state index contributed by atoms with van der Waals surface area (Å²) in [6.07, 6.45) is 0.0873. The zero-order chi connectivity index (χ0) is 20.9. The smallest absolute Gasteiger partial charge is 0.350 e. The van der Waals surface area contributed by atoms with Gasteiger partial charge >= 0.3 is 15.2 Å². The number of nitrogens with zero attached hydrogens (tertiary/aromatic N) is 3. The van der Waals surface area contributed by atoms with E-state index < -0.39 is 39.2 Å². The number of anilines is 1. The molecule has 2 aromatic heterocycles. The number of hydrogen-bond acceptors (Lipinski definition) is 8. The van der Waals surface area contributed by atoms with Crippen molar-refractivity contribution in [1.29, 1.82) is 0 Å². The zero-order valence-corrected chi connectivity index (χ0v) is 16.3. The molecule has 28 heavy (non-hydrogen) atoms. The van der Waals surface area contributed by atoms with Gasteiger partial charge in [0.1, 0.15) is 6.35 Å². The van der Waals surface area contributed by atoms with Crippen molar-refractivity contribution in [1.82, 2.24) is 19.5 Å². The average molecular weight is 441 g/mol. The number of nitrogens with two attached hydrogens (primary N) is 1. The summed E-state index contributed by atoms with van der Waals surface area (Å²) in [6, 6.07) is 0. The van der Waals surface area contributed by atoms with Crippen molar-refractivity contribution < 1.29 is 38.2 Å². The summed E-state index contributed by atoms with van der Waals surface area (Å²) in [5.74, 6) is -0.588. The van der Waals surface area contributed by atoms with Gasteiger partial charge in [0, 0.05) is 12.5 Å². The Morgan fingerprint density at radius 3 is 2.50 bits per heavy atom. The van der Waals surface area contributed by atoms with E-state index >= 15 is 0 Å². The molecule has 2 aromatic rings. The summed E-state index contributed by atoms with van der Waals surface area (Å²) < 4.78 is 33.6. The van der Waals surface area contributed by atoms with Gasteiger partial charge < -0.3 is 39.3 Å². The van der Waals surface area contributed by atoms with Crippen LogP contribution in [0.2, 0.25) is 0 Å². The lowest BCUT2D eigenvalue weighted by molar-refractivity contribution is 0.0468. The molecule has 7 N–H and O–H groups in total. The molecule has 14 nitrogen and oxygen atoms in total. The Morgan fingerprint density at radius 2 is 1.86 bits per heavy atom. The number of nitrogen functional groups attached to an aromatic ring is 1. The molecule has 0 bridgehead atoms. The van der Waals surface area contributed by atoms with Gasteiger partial charge in [-0.25, -0.2) is 4.98 Å². The first-order chi connectivity index (χ1) is 12.9. The van der Waals surface area contributed by atoms with Crippen molar-refractivity contribution in [2.45, 2.75) is 6.54 Å². The van der Waals surface area contributed by atoms with Crippen LogP contribution < -0.4 is 11.3 Å². The van der Waals surface area contributed by atoms with Crippen LogP contribution in [0.1, 0.15) is 0 Å². The predicted octanol–water partition coefficient (Wildman–Crippen LogP) is -1.34. The van der Waals surface area contributed by atoms with Crippen LogP contribution in [0.25, 0.3) is 11.2 Å². The Balaban J connectivity index is 2.08. The molecule has 1 atom stereocenters. The topological polar surface area (TPSA) is 223 Å². The molecule has 1 unspecified atom stereocenters. The highest BCUT2D eigenvalue weighted by Gasteiger charge is 2.19. The van der Waals surface area contributed by atoms with E-state index in [4.69, 9.17) is 34.8 Å². The SMILES string of the molecule is Nc1nc2c(ncn2CC(COCCP(=O)(O)O)COCP(=O)(O)O)c(=O)[nH]1. The molecular formula is C12H21N5O9P2. The molecular weight excluding hydrogens is 420 g/mol. The third kappa shape index (κ3) is 7.41. The molecule has 0 saturated carbocycles. The lowest BCUT2D eigenvalue weighted by Gasteiger charge is -2.18. The Morgan fingerprint density at radius 1 is 1.18 bits per heavy atom. The minimum absolute atomic E-state index is 0.0283. The molecule has 2 rings (SSSR count). The minimum atomic E-state index is -4.36. The monoisotopic (exact) mass is 441 g/mol. The van der Waals surface area contributed by atoms with E-state index in [-0.39, 0.29) is 43.5 Å². The fourth-order valence-corrected chi connectivity index (χ4v) is 3.02. The van der Waals surface area contributed by atoms with Gasteiger partial charge in [-0.05, 0) is 0 Å². The largest absolute Gasteiger partial charge is 0.380 e. The second-order valence-electron chi connectivity index (χ2n) is 6.01. The third-order valence-corrected chi connectivity index (χ3v) is 4.73. The van der Waals surface area contributed by atoms with Gasteiger partial charge in [-0.2, -0.15) is 4.98 Å². The van der Waals surface area contributed by atoms with Gasteiger partial charge in [-0.15, -0.1) is 0 Å². The Hall–Kier alpha value is -1.63. The van der Waals surface area contributed by atoms with Crippen LogP contribution in [-0.4, -0.2) is 71.4 Å². The van der Waals surface area contributed by atoms with Gasteiger partial charge in [-0.1, -0.05) is 0 Å². The Kier molecular flexibility index (Phi) is 7.48. The summed E-state index contributed by atoms with van der Waals surface area (Å²) in [4.78, 5) is 57.6. The van der Waals surface area contributed by atoms with E-state index in [1.54, 1.807) is 0 Å². The number of imidazole rings is 1. The molecule has 158 valence electrons. The number of aromatic amines is 1. The number of nitrogens with one attached hydrogen (secondary N) is 1. The van der Waals surface area contributed by atoms with E-state index in [2.05, 4.69) is 15.0 Å². The van der Waals surface area contributed by atoms with E-state index in [0.29, 0.717) is 0 Å². The quantitative estimate of drug-likeness (QED) is 0.176. The lowest BCUT2D eigenvalue weighted by atomic mass is 10.2. The van der Waals surface area contributed by atoms with Crippen LogP contribution >= 0.6 is 15.2 Å². The van der Waals surface area contributed by atoms with E-state index in [9.17, 15) is 13.9 Å². The first-order valence-electron chi connectivity index (χ1n) is 7.90. The molecule has 16 heteroatoms. The maximum atomic E-state index is 11.8. The first kappa shape index (κ1) is 22.7. The van der Waals surface area contributed by atoms with Crippen LogP contribution in [0.5, 0.6) is 0 Å². The van der Waals surface area contributed by atoms with E-state index in [1.165, 1.54) is 10.9 Å². The maximum Gasteiger partial charge on any atom is 0.350 e. The van der Waals surface area contributed by atoms with Crippen molar-refractivity contribution in [2.75, 3.05) is 38.1 Å². The molecule has 0 radical (unpaired) electrons. The Labute approximate surface area is 158 Å². The van der Waals surface area contributed by atoms with Gasteiger partial charge in [0.15, 0.2) is 11.2 Å². The molecule has 0 aliphatic rings. The summed E-state index contributed by atoms with van der Waals surface area (Å²) >= 11 is 0. The predicted molar refractivity (Wildman–Crippen MR) is 96.6 cm³/mol. The summed E-state index contributed by atoms with van der Waals surface area (Å²) in [5.41, 5.74) is 5.28. The fraction of sp³-hybridized carbons (Fsp3) is 0.583. The zero-order valence-electron chi connectivity index (χ0n) is 14.5. The second-order valence-corrected chi connectivity index (χ2v) is 9.38. The molecule has 0 aromatic carbocycles. The summed E-state index contributed by atoms with van der Waals surface area (Å²) in [7, 11) is -8.56. The van der Waals surface area contributed by atoms with Crippen molar-refractivity contribution in [2.24, 2.45) is 5.92 Å². The maximum absolute atomic E-state index is 11.8. The van der Waals surface area contributed by atoms with Crippen LogP contribution in [-0.2, 0) is 25.1 Å². The fourth-order valence-electron chi connectivity index (χ4n) is 2.31. The molecule has 0 amide bonds. The molecule has 0 aliphatic carbocycles. The van der Waals surface area contributed by atoms with Crippen molar-refractivity contribution >= 4 is 32.3 Å². The number of rotatable bonds is 11. The second kappa shape index (κ2) is 9.25. The normalized spacial score (nSPS) is 13.9. The number of fused-ring (bicyclic) bond motifs is 1. The lowest BCUT2D eigenvalue weighted by Crippen LogP contribution is -2.23. The summed E-state index contributed by atoms with van der Waals surface area (Å²) in [6.45, 7) is -0.225. The van der Waals surface area contributed by atoms with Gasteiger partial charge in [0.2, 0.25) is 5.95 Å². The first-order valence-corrected chi connectivity index (χ1v) is 11.5. The molecule has 0 saturated heterocycles. The van der Waals surface area contributed by atoms with E-state index in [1.807, 2.05) is 0 Å². The minimum Gasteiger partial charge on any atom is -0.380 e. The highest BCUT2D eigenvalue weighted by Crippen LogP contribution is 2.34. The number of hydrogen-bond donors (Lipinski definition) is 6. The van der Waals surface area contributed by atoms with Crippen LogP contribution in [0.4, 0.5) is 5.95 Å². The number of H-pyrrole nitrogens is 1. The van der Waals surface area contributed by atoms with Gasteiger partial charge in [0.05, 0.1) is 32.3 Å².